The highest BCUT2D eigenvalue weighted by atomic mass is 19.4. The number of rotatable bonds is 2. The minimum absolute atomic E-state index is 0.0822. The van der Waals surface area contributed by atoms with Crippen LogP contribution in [0.3, 0.4) is 0 Å². The lowest BCUT2D eigenvalue weighted by Gasteiger charge is -2.17. The zero-order valence-electron chi connectivity index (χ0n) is 6.13. The van der Waals surface area contributed by atoms with Gasteiger partial charge in [0.1, 0.15) is 0 Å². The molecule has 3 heteroatoms. The molecule has 0 aromatic heterocycles. The smallest absolute Gasteiger partial charge is 0.170 e. The van der Waals surface area contributed by atoms with Crippen molar-refractivity contribution in [2.75, 3.05) is 0 Å². The van der Waals surface area contributed by atoms with Gasteiger partial charge in [-0.15, -0.1) is 0 Å². The average molecular weight is 152 g/mol. The van der Waals surface area contributed by atoms with Gasteiger partial charge >= 0.3 is 6.18 Å². The highest BCUT2D eigenvalue weighted by molar-refractivity contribution is 4.98. The SMILES string of the molecule is C=C(C)C(CC)C(F)(F)F. The quantitative estimate of drug-likeness (QED) is 0.533. The van der Waals surface area contributed by atoms with E-state index in [1.807, 2.05) is 0 Å². The molecule has 0 bridgehead atoms. The van der Waals surface area contributed by atoms with Crippen LogP contribution in [-0.4, -0.2) is 6.18 Å². The van der Waals surface area contributed by atoms with Gasteiger partial charge in [0.25, 0.3) is 0 Å². The van der Waals surface area contributed by atoms with Crippen molar-refractivity contribution in [2.24, 2.45) is 5.92 Å². The van der Waals surface area contributed by atoms with E-state index in [4.69, 9.17) is 0 Å². The third-order valence-corrected chi connectivity index (χ3v) is 1.40. The van der Waals surface area contributed by atoms with Crippen molar-refractivity contribution in [2.45, 2.75) is 26.4 Å². The summed E-state index contributed by atoms with van der Waals surface area (Å²) >= 11 is 0. The van der Waals surface area contributed by atoms with E-state index < -0.39 is 12.1 Å². The first-order valence-corrected chi connectivity index (χ1v) is 3.11. The van der Waals surface area contributed by atoms with Crippen LogP contribution in [0.5, 0.6) is 0 Å². The van der Waals surface area contributed by atoms with Crippen LogP contribution in [0.2, 0.25) is 0 Å². The number of hydrogen-bond donors (Lipinski definition) is 0. The first-order chi connectivity index (χ1) is 4.39. The van der Waals surface area contributed by atoms with E-state index in [9.17, 15) is 13.2 Å². The first-order valence-electron chi connectivity index (χ1n) is 3.11. The summed E-state index contributed by atoms with van der Waals surface area (Å²) in [5.74, 6) is -1.33. The lowest BCUT2D eigenvalue weighted by Crippen LogP contribution is -2.22. The Morgan fingerprint density at radius 2 is 1.90 bits per heavy atom. The van der Waals surface area contributed by atoms with Crippen LogP contribution >= 0.6 is 0 Å². The van der Waals surface area contributed by atoms with Crippen LogP contribution in [0.25, 0.3) is 0 Å². The summed E-state index contributed by atoms with van der Waals surface area (Å²) in [5.41, 5.74) is 0.190. The van der Waals surface area contributed by atoms with Crippen LogP contribution in [0.4, 0.5) is 13.2 Å². The molecule has 0 nitrogen and oxygen atoms in total. The van der Waals surface area contributed by atoms with Gasteiger partial charge < -0.3 is 0 Å². The Hall–Kier alpha value is -0.470. The lowest BCUT2D eigenvalue weighted by molar-refractivity contribution is -0.164. The van der Waals surface area contributed by atoms with Crippen molar-refractivity contribution >= 4 is 0 Å². The largest absolute Gasteiger partial charge is 0.395 e. The van der Waals surface area contributed by atoms with E-state index in [1.165, 1.54) is 13.8 Å². The molecule has 1 atom stereocenters. The molecule has 0 amide bonds. The van der Waals surface area contributed by atoms with E-state index in [0.717, 1.165) is 0 Å². The van der Waals surface area contributed by atoms with Crippen LogP contribution in [0, 0.1) is 5.92 Å². The highest BCUT2D eigenvalue weighted by Gasteiger charge is 2.38. The molecule has 10 heavy (non-hydrogen) atoms. The normalized spacial score (nSPS) is 14.9. The maximum absolute atomic E-state index is 11.9. The van der Waals surface area contributed by atoms with Crippen molar-refractivity contribution in [3.8, 4) is 0 Å². The molecule has 1 unspecified atom stereocenters. The molecule has 0 aromatic carbocycles. The summed E-state index contributed by atoms with van der Waals surface area (Å²) < 4.78 is 35.7. The van der Waals surface area contributed by atoms with Gasteiger partial charge in [-0.2, -0.15) is 13.2 Å². The lowest BCUT2D eigenvalue weighted by atomic mass is 9.99. The first kappa shape index (κ1) is 9.53. The molecule has 0 heterocycles. The second kappa shape index (κ2) is 3.08. The third kappa shape index (κ3) is 2.42. The number of hydrogen-bond acceptors (Lipinski definition) is 0. The zero-order chi connectivity index (χ0) is 8.36. The molecular weight excluding hydrogens is 141 g/mol. The van der Waals surface area contributed by atoms with Crippen LogP contribution in [-0.2, 0) is 0 Å². The fourth-order valence-corrected chi connectivity index (χ4v) is 0.859. The molecule has 0 aliphatic heterocycles. The highest BCUT2D eigenvalue weighted by Crippen LogP contribution is 2.32. The van der Waals surface area contributed by atoms with E-state index in [1.54, 1.807) is 0 Å². The summed E-state index contributed by atoms with van der Waals surface area (Å²) in [4.78, 5) is 0. The van der Waals surface area contributed by atoms with Crippen molar-refractivity contribution in [3.05, 3.63) is 12.2 Å². The zero-order valence-corrected chi connectivity index (χ0v) is 6.13. The number of allylic oxidation sites excluding steroid dienone is 1. The summed E-state index contributed by atoms with van der Waals surface area (Å²) in [6, 6.07) is 0. The Morgan fingerprint density at radius 1 is 1.50 bits per heavy atom. The molecule has 0 saturated heterocycles. The van der Waals surface area contributed by atoms with Crippen molar-refractivity contribution in [1.29, 1.82) is 0 Å². The average Bonchev–Trinajstić information content (AvgIpc) is 1.60. The number of halogens is 3. The van der Waals surface area contributed by atoms with Gasteiger partial charge in [-0.25, -0.2) is 0 Å². The Balaban J connectivity index is 4.22. The number of alkyl halides is 3. The van der Waals surface area contributed by atoms with Crippen LogP contribution < -0.4 is 0 Å². The minimum Gasteiger partial charge on any atom is -0.170 e. The van der Waals surface area contributed by atoms with Gasteiger partial charge in [-0.1, -0.05) is 19.1 Å². The molecule has 0 rings (SSSR count). The molecule has 0 aliphatic carbocycles. The Morgan fingerprint density at radius 3 is 1.90 bits per heavy atom. The van der Waals surface area contributed by atoms with E-state index >= 15 is 0 Å². The molecular formula is C7H11F3. The summed E-state index contributed by atoms with van der Waals surface area (Å²) in [6.07, 6.45) is -4.03. The van der Waals surface area contributed by atoms with E-state index in [-0.39, 0.29) is 12.0 Å². The Kier molecular flexibility index (Phi) is 2.94. The van der Waals surface area contributed by atoms with Gasteiger partial charge in [0.2, 0.25) is 0 Å². The van der Waals surface area contributed by atoms with E-state index in [2.05, 4.69) is 6.58 Å². The summed E-state index contributed by atoms with van der Waals surface area (Å²) in [6.45, 7) is 6.18. The Bertz CT molecular complexity index is 123. The fraction of sp³-hybridized carbons (Fsp3) is 0.714. The van der Waals surface area contributed by atoms with E-state index in [0.29, 0.717) is 0 Å². The van der Waals surface area contributed by atoms with Crippen LogP contribution in [0.15, 0.2) is 12.2 Å². The van der Waals surface area contributed by atoms with Crippen molar-refractivity contribution in [1.82, 2.24) is 0 Å². The predicted octanol–water partition coefficient (Wildman–Crippen LogP) is 3.15. The monoisotopic (exact) mass is 152 g/mol. The van der Waals surface area contributed by atoms with Gasteiger partial charge in [0, 0.05) is 0 Å². The standard InChI is InChI=1S/C7H11F3/c1-4-6(5(2)3)7(8,9)10/h6H,2,4H2,1,3H3. The second-order valence-corrected chi connectivity index (χ2v) is 2.35. The topological polar surface area (TPSA) is 0 Å². The minimum atomic E-state index is -4.11. The molecule has 0 N–H and O–H groups in total. The van der Waals surface area contributed by atoms with Gasteiger partial charge in [-0.05, 0) is 13.3 Å². The van der Waals surface area contributed by atoms with Crippen molar-refractivity contribution < 1.29 is 13.2 Å². The van der Waals surface area contributed by atoms with Crippen LogP contribution in [0.1, 0.15) is 20.3 Å². The van der Waals surface area contributed by atoms with Crippen molar-refractivity contribution in [3.63, 3.8) is 0 Å². The molecule has 60 valence electrons. The fourth-order valence-electron chi connectivity index (χ4n) is 0.859. The molecule has 0 aromatic rings. The summed E-state index contributed by atoms with van der Waals surface area (Å²) in [5, 5.41) is 0. The van der Waals surface area contributed by atoms with Gasteiger partial charge in [-0.3, -0.25) is 0 Å². The molecule has 0 fully saturated rings. The molecule has 0 spiro atoms. The predicted molar refractivity (Wildman–Crippen MR) is 34.6 cm³/mol. The van der Waals surface area contributed by atoms with Gasteiger partial charge in [0.05, 0.1) is 5.92 Å². The maximum atomic E-state index is 11.9. The summed E-state index contributed by atoms with van der Waals surface area (Å²) in [7, 11) is 0. The maximum Gasteiger partial charge on any atom is 0.395 e. The molecule has 0 radical (unpaired) electrons. The third-order valence-electron chi connectivity index (χ3n) is 1.40. The molecule has 0 aliphatic rings. The van der Waals surface area contributed by atoms with Gasteiger partial charge in [0.15, 0.2) is 0 Å². The second-order valence-electron chi connectivity index (χ2n) is 2.35. The Labute approximate surface area is 58.7 Å². The molecule has 0 saturated carbocycles.